The number of carbonyl (C=O) groups is 1. The molecule has 1 aromatic carbocycles. The summed E-state index contributed by atoms with van der Waals surface area (Å²) in [6, 6.07) is 7.96. The minimum Gasteiger partial charge on any atom is -0.324 e. The first kappa shape index (κ1) is 14.0. The molecule has 0 aliphatic carbocycles. The first-order chi connectivity index (χ1) is 9.16. The fourth-order valence-corrected chi connectivity index (χ4v) is 2.42. The summed E-state index contributed by atoms with van der Waals surface area (Å²) in [5.41, 5.74) is 2.07. The summed E-state index contributed by atoms with van der Waals surface area (Å²) in [6.45, 7) is 1.77. The molecule has 0 radical (unpaired) electrons. The van der Waals surface area contributed by atoms with E-state index in [4.69, 9.17) is 0 Å². The topological polar surface area (TPSA) is 44.4 Å². The number of para-hydroxylation sites is 1. The number of nitrogens with zero attached hydrogens (tertiary/aromatic N) is 1. The molecule has 0 saturated carbocycles. The van der Waals surface area contributed by atoms with Crippen LogP contribution in [0.15, 0.2) is 24.3 Å². The van der Waals surface area contributed by atoms with Gasteiger partial charge in [0.05, 0.1) is 6.04 Å². The molecule has 0 bridgehead atoms. The van der Waals surface area contributed by atoms with Gasteiger partial charge in [-0.15, -0.1) is 0 Å². The molecule has 2 N–H and O–H groups in total. The zero-order valence-electron chi connectivity index (χ0n) is 11.8. The lowest BCUT2D eigenvalue weighted by atomic mass is 10.0. The van der Waals surface area contributed by atoms with Crippen molar-refractivity contribution in [2.45, 2.75) is 31.8 Å². The van der Waals surface area contributed by atoms with Gasteiger partial charge < -0.3 is 15.5 Å². The summed E-state index contributed by atoms with van der Waals surface area (Å²) < 4.78 is 0. The van der Waals surface area contributed by atoms with Crippen molar-refractivity contribution < 1.29 is 4.79 Å². The number of anilines is 1. The summed E-state index contributed by atoms with van der Waals surface area (Å²) in [6.07, 6.45) is 3.23. The van der Waals surface area contributed by atoms with Gasteiger partial charge in [0.15, 0.2) is 0 Å². The number of rotatable bonds is 4. The minimum absolute atomic E-state index is 0.0406. The highest BCUT2D eigenvalue weighted by Gasteiger charge is 2.20. The van der Waals surface area contributed by atoms with Crippen LogP contribution in [0.5, 0.6) is 0 Å². The van der Waals surface area contributed by atoms with Gasteiger partial charge in [-0.1, -0.05) is 24.6 Å². The number of benzene rings is 1. The van der Waals surface area contributed by atoms with Gasteiger partial charge in [-0.25, -0.2) is 0 Å². The Labute approximate surface area is 115 Å². The van der Waals surface area contributed by atoms with E-state index < -0.39 is 0 Å². The molecule has 104 valence electrons. The molecule has 4 nitrogen and oxygen atoms in total. The van der Waals surface area contributed by atoms with E-state index in [0.29, 0.717) is 0 Å². The van der Waals surface area contributed by atoms with Crippen LogP contribution < -0.4 is 10.6 Å². The second kappa shape index (κ2) is 6.68. The predicted octanol–water partition coefficient (Wildman–Crippen LogP) is 1.83. The van der Waals surface area contributed by atoms with Crippen LogP contribution in [0, 0.1) is 0 Å². The van der Waals surface area contributed by atoms with E-state index in [2.05, 4.69) is 21.6 Å². The van der Waals surface area contributed by atoms with Gasteiger partial charge in [-0.3, -0.25) is 4.79 Å². The Morgan fingerprint density at radius 3 is 2.84 bits per heavy atom. The monoisotopic (exact) mass is 261 g/mol. The third-order valence-corrected chi connectivity index (χ3v) is 3.39. The lowest BCUT2D eigenvalue weighted by molar-refractivity contribution is -0.118. The van der Waals surface area contributed by atoms with E-state index >= 15 is 0 Å². The first-order valence-corrected chi connectivity index (χ1v) is 6.93. The van der Waals surface area contributed by atoms with Gasteiger partial charge in [0.25, 0.3) is 0 Å². The maximum absolute atomic E-state index is 12.2. The Balaban J connectivity index is 2.03. The van der Waals surface area contributed by atoms with Crippen molar-refractivity contribution in [2.24, 2.45) is 0 Å². The van der Waals surface area contributed by atoms with Crippen LogP contribution in [0.25, 0.3) is 0 Å². The maximum atomic E-state index is 12.2. The van der Waals surface area contributed by atoms with E-state index in [1.165, 1.54) is 6.42 Å². The molecule has 1 aliphatic rings. The molecule has 0 aromatic heterocycles. The zero-order chi connectivity index (χ0) is 13.7. The Bertz CT molecular complexity index is 425. The summed E-state index contributed by atoms with van der Waals surface area (Å²) in [5, 5.41) is 6.33. The molecule has 19 heavy (non-hydrogen) atoms. The van der Waals surface area contributed by atoms with Crippen LogP contribution in [-0.2, 0) is 11.3 Å². The smallest absolute Gasteiger partial charge is 0.241 e. The second-order valence-corrected chi connectivity index (χ2v) is 5.39. The highest BCUT2D eigenvalue weighted by Crippen LogP contribution is 2.17. The molecule has 1 aliphatic heterocycles. The molecule has 4 heteroatoms. The number of piperidine rings is 1. The largest absolute Gasteiger partial charge is 0.324 e. The van der Waals surface area contributed by atoms with Crippen molar-refractivity contribution in [2.75, 3.05) is 26.0 Å². The standard InChI is InChI=1S/C15H23N3O/c1-18(2)11-12-7-3-4-8-13(12)17-15(19)14-9-5-6-10-16-14/h3-4,7-8,14,16H,5-6,9-11H2,1-2H3,(H,17,19)/t14-/m1/s1. The quantitative estimate of drug-likeness (QED) is 0.869. The number of carbonyl (C=O) groups excluding carboxylic acids is 1. The van der Waals surface area contributed by atoms with Crippen LogP contribution in [0.3, 0.4) is 0 Å². The molecule has 1 atom stereocenters. The number of nitrogens with one attached hydrogen (secondary N) is 2. The highest BCUT2D eigenvalue weighted by molar-refractivity contribution is 5.95. The van der Waals surface area contributed by atoms with Crippen molar-refractivity contribution in [1.82, 2.24) is 10.2 Å². The summed E-state index contributed by atoms with van der Waals surface area (Å²) in [7, 11) is 4.06. The Morgan fingerprint density at radius 2 is 2.16 bits per heavy atom. The van der Waals surface area contributed by atoms with E-state index in [1.54, 1.807) is 0 Å². The lowest BCUT2D eigenvalue weighted by Gasteiger charge is -2.23. The van der Waals surface area contributed by atoms with E-state index in [9.17, 15) is 4.79 Å². The van der Waals surface area contributed by atoms with Crippen LogP contribution in [-0.4, -0.2) is 37.5 Å². The highest BCUT2D eigenvalue weighted by atomic mass is 16.2. The second-order valence-electron chi connectivity index (χ2n) is 5.39. The SMILES string of the molecule is CN(C)Cc1ccccc1NC(=O)[C@H]1CCCCN1. The number of amides is 1. The molecule has 0 unspecified atom stereocenters. The minimum atomic E-state index is -0.0406. The maximum Gasteiger partial charge on any atom is 0.241 e. The molecule has 1 aromatic rings. The molecule has 0 spiro atoms. The fraction of sp³-hybridized carbons (Fsp3) is 0.533. The zero-order valence-corrected chi connectivity index (χ0v) is 11.8. The van der Waals surface area contributed by atoms with Gasteiger partial charge in [0.2, 0.25) is 5.91 Å². The summed E-state index contributed by atoms with van der Waals surface area (Å²) >= 11 is 0. The predicted molar refractivity (Wildman–Crippen MR) is 78.1 cm³/mol. The van der Waals surface area contributed by atoms with Gasteiger partial charge in [0.1, 0.15) is 0 Å². The summed E-state index contributed by atoms with van der Waals surface area (Å²) in [4.78, 5) is 14.3. The average Bonchev–Trinajstić information content (AvgIpc) is 2.41. The molecule has 1 fully saturated rings. The van der Waals surface area contributed by atoms with Crippen LogP contribution >= 0.6 is 0 Å². The van der Waals surface area contributed by atoms with E-state index in [1.807, 2.05) is 32.3 Å². The molecule has 1 heterocycles. The van der Waals surface area contributed by atoms with Crippen molar-refractivity contribution in [3.8, 4) is 0 Å². The fourth-order valence-electron chi connectivity index (χ4n) is 2.42. The normalized spacial score (nSPS) is 19.4. The average molecular weight is 261 g/mol. The summed E-state index contributed by atoms with van der Waals surface area (Å²) in [5.74, 6) is 0.0888. The van der Waals surface area contributed by atoms with Gasteiger partial charge >= 0.3 is 0 Å². The van der Waals surface area contributed by atoms with Crippen molar-refractivity contribution >= 4 is 11.6 Å². The molecular weight excluding hydrogens is 238 g/mol. The number of hydrogen-bond acceptors (Lipinski definition) is 3. The van der Waals surface area contributed by atoms with E-state index in [-0.39, 0.29) is 11.9 Å². The third kappa shape index (κ3) is 4.04. The molecule has 1 saturated heterocycles. The van der Waals surface area contributed by atoms with Gasteiger partial charge in [-0.05, 0) is 45.1 Å². The molecular formula is C15H23N3O. The Hall–Kier alpha value is -1.39. The van der Waals surface area contributed by atoms with Crippen molar-refractivity contribution in [3.05, 3.63) is 29.8 Å². The van der Waals surface area contributed by atoms with Gasteiger partial charge in [-0.2, -0.15) is 0 Å². The van der Waals surface area contributed by atoms with Crippen LogP contribution in [0.4, 0.5) is 5.69 Å². The van der Waals surface area contributed by atoms with Crippen molar-refractivity contribution in [1.29, 1.82) is 0 Å². The first-order valence-electron chi connectivity index (χ1n) is 6.93. The van der Waals surface area contributed by atoms with Gasteiger partial charge in [0, 0.05) is 12.2 Å². The lowest BCUT2D eigenvalue weighted by Crippen LogP contribution is -2.43. The van der Waals surface area contributed by atoms with E-state index in [0.717, 1.165) is 37.2 Å². The Morgan fingerprint density at radius 1 is 1.37 bits per heavy atom. The molecule has 1 amide bonds. The Kier molecular flexibility index (Phi) is 4.93. The molecule has 2 rings (SSSR count). The number of hydrogen-bond donors (Lipinski definition) is 2. The van der Waals surface area contributed by atoms with Crippen LogP contribution in [0.1, 0.15) is 24.8 Å². The van der Waals surface area contributed by atoms with Crippen LogP contribution in [0.2, 0.25) is 0 Å². The van der Waals surface area contributed by atoms with Crippen molar-refractivity contribution in [3.63, 3.8) is 0 Å². The third-order valence-electron chi connectivity index (χ3n) is 3.39.